The van der Waals surface area contributed by atoms with Gasteiger partial charge in [-0.25, -0.2) is 18.1 Å². The molecule has 0 fully saturated rings. The van der Waals surface area contributed by atoms with E-state index in [1.807, 2.05) is 0 Å². The van der Waals surface area contributed by atoms with Crippen molar-refractivity contribution in [2.75, 3.05) is 19.8 Å². The quantitative estimate of drug-likeness (QED) is 0.635. The molecule has 0 saturated carbocycles. The van der Waals surface area contributed by atoms with Gasteiger partial charge in [-0.05, 0) is 29.8 Å². The third kappa shape index (κ3) is 4.26. The van der Waals surface area contributed by atoms with Crippen molar-refractivity contribution in [1.29, 1.82) is 0 Å². The summed E-state index contributed by atoms with van der Waals surface area (Å²) in [5, 5.41) is 10.4. The number of nitrogens with zero attached hydrogens (tertiary/aromatic N) is 1. The van der Waals surface area contributed by atoms with Crippen molar-refractivity contribution in [3.05, 3.63) is 60.2 Å². The number of aliphatic hydroxyl groups is 1. The number of aliphatic hydroxyl groups excluding tert-OH is 1. The first kappa shape index (κ1) is 19.4. The van der Waals surface area contributed by atoms with Crippen molar-refractivity contribution in [3.8, 4) is 22.8 Å². The van der Waals surface area contributed by atoms with Crippen LogP contribution in [-0.4, -0.2) is 38.3 Å². The Bertz CT molecular complexity index is 1110. The van der Waals surface area contributed by atoms with Crippen molar-refractivity contribution >= 4 is 10.0 Å². The van der Waals surface area contributed by atoms with Crippen LogP contribution in [0.15, 0.2) is 58.0 Å². The molecule has 1 aromatic heterocycles. The molecule has 3 aromatic rings. The molecule has 0 amide bonds. The van der Waals surface area contributed by atoms with Gasteiger partial charge in [-0.15, -0.1) is 0 Å². The smallest absolute Gasteiger partial charge is 0.240 e. The molecule has 2 aromatic carbocycles. The van der Waals surface area contributed by atoms with Gasteiger partial charge in [0, 0.05) is 19.0 Å². The normalized spacial score (nSPS) is 14.6. The Hall–Kier alpha value is -2.88. The molecule has 2 heterocycles. The number of ether oxygens (including phenoxy) is 2. The SMILES string of the molecule is Cc1nc(-c2ccc(S(=O)(=O)NCC(O)c3ccc4c(c3)OCCO4)cc2)co1. The zero-order valence-corrected chi connectivity index (χ0v) is 16.5. The number of hydrogen-bond donors (Lipinski definition) is 2. The van der Waals surface area contributed by atoms with Crippen LogP contribution in [0.1, 0.15) is 17.6 Å². The van der Waals surface area contributed by atoms with Gasteiger partial charge in [0.2, 0.25) is 10.0 Å². The van der Waals surface area contributed by atoms with Crippen LogP contribution in [0.5, 0.6) is 11.5 Å². The van der Waals surface area contributed by atoms with Crippen LogP contribution in [-0.2, 0) is 10.0 Å². The standard InChI is InChI=1S/C20H20N2O6S/c1-13-22-17(12-28-13)14-2-5-16(6-3-14)29(24,25)21-11-18(23)15-4-7-19-20(10-15)27-9-8-26-19/h2-7,10,12,18,21,23H,8-9,11H2,1H3. The summed E-state index contributed by atoms with van der Waals surface area (Å²) in [6, 6.07) is 11.3. The molecule has 152 valence electrons. The average Bonchev–Trinajstić information content (AvgIpc) is 3.18. The van der Waals surface area contributed by atoms with Crippen molar-refractivity contribution in [2.45, 2.75) is 17.9 Å². The Morgan fingerprint density at radius 3 is 2.52 bits per heavy atom. The van der Waals surface area contributed by atoms with E-state index in [4.69, 9.17) is 13.9 Å². The van der Waals surface area contributed by atoms with E-state index in [2.05, 4.69) is 9.71 Å². The lowest BCUT2D eigenvalue weighted by atomic mass is 10.1. The van der Waals surface area contributed by atoms with E-state index in [1.54, 1.807) is 37.3 Å². The van der Waals surface area contributed by atoms with Gasteiger partial charge in [0.25, 0.3) is 0 Å². The number of oxazole rings is 1. The van der Waals surface area contributed by atoms with E-state index < -0.39 is 16.1 Å². The molecule has 1 atom stereocenters. The Balaban J connectivity index is 1.43. The molecule has 29 heavy (non-hydrogen) atoms. The minimum atomic E-state index is -3.78. The van der Waals surface area contributed by atoms with Crippen molar-refractivity contribution < 1.29 is 27.4 Å². The first-order chi connectivity index (χ1) is 13.9. The summed E-state index contributed by atoms with van der Waals surface area (Å²) < 4.78 is 43.6. The second kappa shape index (κ2) is 7.86. The number of rotatable bonds is 6. The fourth-order valence-electron chi connectivity index (χ4n) is 2.96. The maximum atomic E-state index is 12.6. The second-order valence-electron chi connectivity index (χ2n) is 6.55. The molecule has 2 N–H and O–H groups in total. The van der Waals surface area contributed by atoms with Crippen molar-refractivity contribution in [3.63, 3.8) is 0 Å². The molecule has 0 bridgehead atoms. The maximum Gasteiger partial charge on any atom is 0.240 e. The lowest BCUT2D eigenvalue weighted by molar-refractivity contribution is 0.165. The van der Waals surface area contributed by atoms with E-state index >= 15 is 0 Å². The topological polar surface area (TPSA) is 111 Å². The molecule has 0 saturated heterocycles. The molecule has 1 unspecified atom stereocenters. The summed E-state index contributed by atoms with van der Waals surface area (Å²) in [6.45, 7) is 2.47. The largest absolute Gasteiger partial charge is 0.486 e. The summed E-state index contributed by atoms with van der Waals surface area (Å²) in [5.41, 5.74) is 1.92. The Morgan fingerprint density at radius 1 is 1.10 bits per heavy atom. The third-order valence-corrected chi connectivity index (χ3v) is 5.94. The zero-order chi connectivity index (χ0) is 20.4. The highest BCUT2D eigenvalue weighted by Gasteiger charge is 2.19. The highest BCUT2D eigenvalue weighted by molar-refractivity contribution is 7.89. The molecule has 4 rings (SSSR count). The Kier molecular flexibility index (Phi) is 5.27. The molecule has 0 aliphatic carbocycles. The van der Waals surface area contributed by atoms with Crippen molar-refractivity contribution in [2.24, 2.45) is 0 Å². The van der Waals surface area contributed by atoms with Crippen LogP contribution in [0.4, 0.5) is 0 Å². The zero-order valence-electron chi connectivity index (χ0n) is 15.7. The van der Waals surface area contributed by atoms with Gasteiger partial charge in [0.05, 0.1) is 11.0 Å². The minimum Gasteiger partial charge on any atom is -0.486 e. The molecule has 9 heteroatoms. The molecular weight excluding hydrogens is 396 g/mol. The third-order valence-electron chi connectivity index (χ3n) is 4.50. The number of aromatic nitrogens is 1. The first-order valence-corrected chi connectivity index (χ1v) is 10.5. The molecule has 1 aliphatic rings. The number of aryl methyl sites for hydroxylation is 1. The monoisotopic (exact) mass is 416 g/mol. The second-order valence-corrected chi connectivity index (χ2v) is 8.31. The van der Waals surface area contributed by atoms with Gasteiger partial charge in [-0.3, -0.25) is 0 Å². The maximum absolute atomic E-state index is 12.6. The molecule has 0 spiro atoms. The summed E-state index contributed by atoms with van der Waals surface area (Å²) in [4.78, 5) is 4.31. The molecular formula is C20H20N2O6S. The van der Waals surface area contributed by atoms with Crippen LogP contribution in [0.3, 0.4) is 0 Å². The van der Waals surface area contributed by atoms with Gasteiger partial charge in [0.15, 0.2) is 17.4 Å². The number of sulfonamides is 1. The summed E-state index contributed by atoms with van der Waals surface area (Å²) in [5.74, 6) is 1.68. The van der Waals surface area contributed by atoms with Gasteiger partial charge in [0.1, 0.15) is 25.2 Å². The van der Waals surface area contributed by atoms with E-state index in [0.29, 0.717) is 41.9 Å². The van der Waals surface area contributed by atoms with E-state index in [-0.39, 0.29) is 11.4 Å². The van der Waals surface area contributed by atoms with Crippen LogP contribution >= 0.6 is 0 Å². The highest BCUT2D eigenvalue weighted by atomic mass is 32.2. The molecule has 0 radical (unpaired) electrons. The highest BCUT2D eigenvalue weighted by Crippen LogP contribution is 2.32. The van der Waals surface area contributed by atoms with Gasteiger partial charge in [-0.2, -0.15) is 0 Å². The van der Waals surface area contributed by atoms with Crippen LogP contribution < -0.4 is 14.2 Å². The number of fused-ring (bicyclic) bond motifs is 1. The lowest BCUT2D eigenvalue weighted by Gasteiger charge is -2.20. The summed E-state index contributed by atoms with van der Waals surface area (Å²) in [6.07, 6.45) is 0.485. The summed E-state index contributed by atoms with van der Waals surface area (Å²) in [7, 11) is -3.78. The summed E-state index contributed by atoms with van der Waals surface area (Å²) >= 11 is 0. The van der Waals surface area contributed by atoms with Gasteiger partial charge in [-0.1, -0.05) is 18.2 Å². The fourth-order valence-corrected chi connectivity index (χ4v) is 4.00. The number of benzene rings is 2. The van der Waals surface area contributed by atoms with E-state index in [0.717, 1.165) is 5.56 Å². The van der Waals surface area contributed by atoms with Gasteiger partial charge < -0.3 is 19.0 Å². The number of hydrogen-bond acceptors (Lipinski definition) is 7. The first-order valence-electron chi connectivity index (χ1n) is 9.02. The average molecular weight is 416 g/mol. The van der Waals surface area contributed by atoms with Crippen molar-refractivity contribution in [1.82, 2.24) is 9.71 Å². The van der Waals surface area contributed by atoms with Crippen LogP contribution in [0, 0.1) is 6.92 Å². The predicted octanol–water partition coefficient (Wildman–Crippen LogP) is 2.43. The lowest BCUT2D eigenvalue weighted by Crippen LogP contribution is -2.28. The minimum absolute atomic E-state index is 0.0934. The van der Waals surface area contributed by atoms with E-state index in [1.165, 1.54) is 18.4 Å². The van der Waals surface area contributed by atoms with Crippen LogP contribution in [0.2, 0.25) is 0 Å². The fraction of sp³-hybridized carbons (Fsp3) is 0.250. The Morgan fingerprint density at radius 2 is 1.83 bits per heavy atom. The van der Waals surface area contributed by atoms with E-state index in [9.17, 15) is 13.5 Å². The van der Waals surface area contributed by atoms with Gasteiger partial charge >= 0.3 is 0 Å². The molecule has 1 aliphatic heterocycles. The van der Waals surface area contributed by atoms with Crippen LogP contribution in [0.25, 0.3) is 11.3 Å². The Labute approximate surface area is 168 Å². The number of nitrogens with one attached hydrogen (secondary N) is 1. The molecule has 8 nitrogen and oxygen atoms in total. The predicted molar refractivity (Wildman–Crippen MR) is 104 cm³/mol.